The van der Waals surface area contributed by atoms with Crippen LogP contribution in [0.25, 0.3) is 0 Å². The Balaban J connectivity index is 2.53. The van der Waals surface area contributed by atoms with Crippen molar-refractivity contribution in [3.05, 3.63) is 11.1 Å². The fourth-order valence-electron chi connectivity index (χ4n) is 6.92. The van der Waals surface area contributed by atoms with Crippen LogP contribution in [0.4, 0.5) is 0 Å². The molecule has 3 aliphatic rings. The molecule has 10 nitrogen and oxygen atoms in total. The molecule has 2 N–H and O–H groups in total. The van der Waals surface area contributed by atoms with Crippen molar-refractivity contribution >= 4 is 29.5 Å². The quantitative estimate of drug-likeness (QED) is 0.412. The molecule has 0 unspecified atom stereocenters. The zero-order chi connectivity index (χ0) is 27.4. The van der Waals surface area contributed by atoms with E-state index < -0.39 is 71.1 Å². The normalized spacial score (nSPS) is 36.5. The average molecular weight is 509 g/mol. The molecule has 0 aromatic rings. The van der Waals surface area contributed by atoms with E-state index in [1.807, 2.05) is 0 Å². The summed E-state index contributed by atoms with van der Waals surface area (Å²) in [5.41, 5.74) is -4.11. The lowest BCUT2D eigenvalue weighted by molar-refractivity contribution is -0.202. The number of allylic oxidation sites excluding steroid dienone is 1. The minimum atomic E-state index is -1.74. The maximum atomic E-state index is 13.3. The second-order valence-corrected chi connectivity index (χ2v) is 11.0. The first kappa shape index (κ1) is 28.0. The maximum Gasteiger partial charge on any atom is 0.303 e. The van der Waals surface area contributed by atoms with Crippen LogP contribution >= 0.6 is 0 Å². The SMILES string of the molecule is CC(=O)O[C@@H]1C2=C(C)C(=O)C[C@@]2(C(C)(C)O)[C@@H](OC(C)=O)[C@@H]2[C@@H](CO)C(=O)CC[C@@]2(C)[C@H]1OC(C)=O. The molecule has 7 atom stereocenters. The Hall–Kier alpha value is -2.59. The van der Waals surface area contributed by atoms with Gasteiger partial charge in [-0.1, -0.05) is 6.92 Å². The lowest BCUT2D eigenvalue weighted by Gasteiger charge is -2.53. The van der Waals surface area contributed by atoms with E-state index in [4.69, 9.17) is 14.2 Å². The summed E-state index contributed by atoms with van der Waals surface area (Å²) in [4.78, 5) is 63.6. The predicted octanol–water partition coefficient (Wildman–Crippen LogP) is 1.44. The number of hydrogen-bond acceptors (Lipinski definition) is 10. The first-order chi connectivity index (χ1) is 16.5. The molecule has 0 amide bonds. The topological polar surface area (TPSA) is 154 Å². The Morgan fingerprint density at radius 3 is 2.00 bits per heavy atom. The van der Waals surface area contributed by atoms with Gasteiger partial charge in [-0.25, -0.2) is 0 Å². The molecule has 0 radical (unpaired) electrons. The Bertz CT molecular complexity index is 1020. The van der Waals surface area contributed by atoms with Crippen molar-refractivity contribution in [3.8, 4) is 0 Å². The van der Waals surface area contributed by atoms with E-state index in [2.05, 4.69) is 0 Å². The van der Waals surface area contributed by atoms with Crippen LogP contribution in [0.1, 0.15) is 67.7 Å². The number of hydrogen-bond donors (Lipinski definition) is 2. The number of carbonyl (C=O) groups excluding carboxylic acids is 5. The number of Topliss-reactive ketones (excluding diaryl/α,β-unsaturated/α-hetero) is 2. The van der Waals surface area contributed by atoms with Crippen LogP contribution in [0.5, 0.6) is 0 Å². The van der Waals surface area contributed by atoms with Crippen LogP contribution in [-0.2, 0) is 38.2 Å². The summed E-state index contributed by atoms with van der Waals surface area (Å²) in [6.45, 7) is 9.16. The first-order valence-corrected chi connectivity index (χ1v) is 12.1. The number of aliphatic hydroxyl groups excluding tert-OH is 1. The third kappa shape index (κ3) is 4.18. The van der Waals surface area contributed by atoms with Gasteiger partial charge >= 0.3 is 17.9 Å². The van der Waals surface area contributed by atoms with Gasteiger partial charge in [0.1, 0.15) is 18.0 Å². The first-order valence-electron chi connectivity index (χ1n) is 12.1. The molecule has 2 fully saturated rings. The zero-order valence-electron chi connectivity index (χ0n) is 21.9. The largest absolute Gasteiger partial charge is 0.461 e. The van der Waals surface area contributed by atoms with Gasteiger partial charge in [-0.05, 0) is 38.3 Å². The van der Waals surface area contributed by atoms with Gasteiger partial charge in [0.2, 0.25) is 0 Å². The highest BCUT2D eigenvalue weighted by Gasteiger charge is 2.72. The molecule has 10 heteroatoms. The fraction of sp³-hybridized carbons (Fsp3) is 0.731. The van der Waals surface area contributed by atoms with Crippen molar-refractivity contribution in [2.75, 3.05) is 6.61 Å². The van der Waals surface area contributed by atoms with Crippen molar-refractivity contribution < 1.29 is 48.4 Å². The fourth-order valence-corrected chi connectivity index (χ4v) is 6.92. The van der Waals surface area contributed by atoms with E-state index in [1.165, 1.54) is 41.5 Å². The van der Waals surface area contributed by atoms with Crippen molar-refractivity contribution in [1.29, 1.82) is 0 Å². The van der Waals surface area contributed by atoms with Crippen molar-refractivity contribution in [2.45, 2.75) is 91.6 Å². The van der Waals surface area contributed by atoms with E-state index in [1.54, 1.807) is 6.92 Å². The van der Waals surface area contributed by atoms with Gasteiger partial charge in [-0.3, -0.25) is 24.0 Å². The van der Waals surface area contributed by atoms with Gasteiger partial charge in [-0.15, -0.1) is 0 Å². The highest BCUT2D eigenvalue weighted by molar-refractivity contribution is 6.00. The number of ketones is 2. The molecule has 0 aromatic heterocycles. The molecule has 0 heterocycles. The standard InChI is InChI=1S/C26H36O10/c1-12-18(32)10-26(24(5,6)33)19(12)21(34-13(2)28)23(36-15(4)30)25(7)9-8-17(31)16(11-27)20(25)22(26)35-14(3)29/h16,20-23,27,33H,8-11H2,1-7H3/t16-,20-,21+,22-,23-,25+,26-/m0/s1. The van der Waals surface area contributed by atoms with Gasteiger partial charge in [-0.2, -0.15) is 0 Å². The van der Waals surface area contributed by atoms with Crippen molar-refractivity contribution in [2.24, 2.45) is 22.7 Å². The molecule has 0 bridgehead atoms. The van der Waals surface area contributed by atoms with Gasteiger partial charge in [0.15, 0.2) is 11.9 Å². The minimum absolute atomic E-state index is 0.0437. The third-order valence-corrected chi connectivity index (χ3v) is 8.45. The van der Waals surface area contributed by atoms with Crippen LogP contribution in [0.2, 0.25) is 0 Å². The molecule has 0 aliphatic heterocycles. The van der Waals surface area contributed by atoms with Gasteiger partial charge in [0.05, 0.1) is 17.6 Å². The van der Waals surface area contributed by atoms with E-state index in [0.717, 1.165) is 0 Å². The molecule has 0 spiro atoms. The summed E-state index contributed by atoms with van der Waals surface area (Å²) in [5, 5.41) is 22.1. The van der Waals surface area contributed by atoms with E-state index >= 15 is 0 Å². The molecular formula is C26H36O10. The average Bonchev–Trinajstić information content (AvgIpc) is 2.98. The zero-order valence-corrected chi connectivity index (χ0v) is 21.9. The maximum absolute atomic E-state index is 13.3. The molecular weight excluding hydrogens is 472 g/mol. The molecule has 36 heavy (non-hydrogen) atoms. The number of esters is 3. The minimum Gasteiger partial charge on any atom is -0.461 e. The third-order valence-electron chi connectivity index (χ3n) is 8.45. The Morgan fingerprint density at radius 2 is 1.53 bits per heavy atom. The van der Waals surface area contributed by atoms with Crippen LogP contribution in [0.15, 0.2) is 11.1 Å². The smallest absolute Gasteiger partial charge is 0.303 e. The van der Waals surface area contributed by atoms with Crippen molar-refractivity contribution in [1.82, 2.24) is 0 Å². The van der Waals surface area contributed by atoms with Crippen LogP contribution in [0, 0.1) is 22.7 Å². The highest BCUT2D eigenvalue weighted by Crippen LogP contribution is 2.64. The van der Waals surface area contributed by atoms with Crippen molar-refractivity contribution in [3.63, 3.8) is 0 Å². The molecule has 0 saturated heterocycles. The summed E-state index contributed by atoms with van der Waals surface area (Å²) >= 11 is 0. The summed E-state index contributed by atoms with van der Waals surface area (Å²) in [7, 11) is 0. The van der Waals surface area contributed by atoms with Gasteiger partial charge < -0.3 is 24.4 Å². The van der Waals surface area contributed by atoms with Crippen LogP contribution < -0.4 is 0 Å². The lowest BCUT2D eigenvalue weighted by atomic mass is 9.54. The van der Waals surface area contributed by atoms with Gasteiger partial charge in [0.25, 0.3) is 0 Å². The summed E-state index contributed by atoms with van der Waals surface area (Å²) in [6.07, 6.45) is -3.85. The second-order valence-electron chi connectivity index (χ2n) is 11.0. The lowest BCUT2D eigenvalue weighted by Crippen LogP contribution is -2.61. The number of rotatable bonds is 5. The summed E-state index contributed by atoms with van der Waals surface area (Å²) < 4.78 is 17.5. The van der Waals surface area contributed by atoms with E-state index in [9.17, 15) is 34.2 Å². The van der Waals surface area contributed by atoms with E-state index in [-0.39, 0.29) is 42.0 Å². The van der Waals surface area contributed by atoms with E-state index in [0.29, 0.717) is 0 Å². The molecule has 200 valence electrons. The number of aliphatic hydroxyl groups is 2. The molecule has 3 rings (SSSR count). The van der Waals surface area contributed by atoms with Crippen LogP contribution in [0.3, 0.4) is 0 Å². The highest BCUT2D eigenvalue weighted by atomic mass is 16.6. The molecule has 0 aromatic carbocycles. The molecule has 3 aliphatic carbocycles. The Labute approximate surface area is 210 Å². The van der Waals surface area contributed by atoms with Crippen LogP contribution in [-0.4, -0.2) is 70.2 Å². The Morgan fingerprint density at radius 1 is 1.00 bits per heavy atom. The number of carbonyl (C=O) groups is 5. The monoisotopic (exact) mass is 508 g/mol. The molecule has 2 saturated carbocycles. The predicted molar refractivity (Wildman–Crippen MR) is 124 cm³/mol. The summed E-state index contributed by atoms with van der Waals surface area (Å²) in [5.74, 6) is -4.77. The Kier molecular flexibility index (Phi) is 7.29. The number of ether oxygens (including phenoxy) is 3. The summed E-state index contributed by atoms with van der Waals surface area (Å²) in [6, 6.07) is 0. The number of fused-ring (bicyclic) bond motifs is 2. The van der Waals surface area contributed by atoms with Gasteiger partial charge in [0, 0.05) is 50.9 Å². The second kappa shape index (κ2) is 9.37.